The summed E-state index contributed by atoms with van der Waals surface area (Å²) in [5, 5.41) is 10.3. The predicted molar refractivity (Wildman–Crippen MR) is 87.2 cm³/mol. The molecule has 3 nitrogen and oxygen atoms in total. The first-order valence-corrected chi connectivity index (χ1v) is 7.36. The zero-order chi connectivity index (χ0) is 15.8. The highest BCUT2D eigenvalue weighted by atomic mass is 16.5. The van der Waals surface area contributed by atoms with Crippen molar-refractivity contribution in [1.29, 1.82) is 0 Å². The van der Waals surface area contributed by atoms with Crippen LogP contribution in [-0.4, -0.2) is 17.7 Å². The van der Waals surface area contributed by atoms with Crippen LogP contribution in [0.15, 0.2) is 60.7 Å². The average Bonchev–Trinajstić information content (AvgIpc) is 2.54. The first-order valence-electron chi connectivity index (χ1n) is 7.36. The van der Waals surface area contributed by atoms with Gasteiger partial charge in [-0.15, -0.1) is 0 Å². The van der Waals surface area contributed by atoms with Crippen molar-refractivity contribution in [1.82, 2.24) is 0 Å². The fraction of sp³-hybridized carbons (Fsp3) is 0.211. The second kappa shape index (κ2) is 8.15. The van der Waals surface area contributed by atoms with Gasteiger partial charge in [0.05, 0.1) is 12.7 Å². The summed E-state index contributed by atoms with van der Waals surface area (Å²) in [5.74, 6) is -0.350. The van der Waals surface area contributed by atoms with E-state index in [0.29, 0.717) is 13.0 Å². The predicted octanol–water partition coefficient (Wildman–Crippen LogP) is 3.54. The highest BCUT2D eigenvalue weighted by Gasteiger charge is 2.08. The second-order valence-electron chi connectivity index (χ2n) is 4.96. The third-order valence-corrected chi connectivity index (χ3v) is 3.26. The van der Waals surface area contributed by atoms with Gasteiger partial charge in [0.25, 0.3) is 0 Å². The van der Waals surface area contributed by atoms with Gasteiger partial charge in [-0.3, -0.25) is 0 Å². The van der Waals surface area contributed by atoms with Crippen molar-refractivity contribution in [2.24, 2.45) is 0 Å². The maximum atomic E-state index is 11.3. The molecule has 0 saturated heterocycles. The van der Waals surface area contributed by atoms with Gasteiger partial charge >= 0.3 is 5.97 Å². The molecule has 0 aliphatic heterocycles. The summed E-state index contributed by atoms with van der Waals surface area (Å²) in [4.78, 5) is 11.3. The highest BCUT2D eigenvalue weighted by Crippen LogP contribution is 2.19. The first-order chi connectivity index (χ1) is 10.7. The van der Waals surface area contributed by atoms with Gasteiger partial charge in [-0.1, -0.05) is 54.6 Å². The van der Waals surface area contributed by atoms with Crippen LogP contribution in [0, 0.1) is 0 Å². The molecule has 0 aliphatic rings. The number of esters is 1. The molecule has 0 aliphatic carbocycles. The average molecular weight is 296 g/mol. The molecule has 0 bridgehead atoms. The van der Waals surface area contributed by atoms with Crippen LogP contribution in [0.1, 0.15) is 29.7 Å². The van der Waals surface area contributed by atoms with E-state index in [-0.39, 0.29) is 5.97 Å². The summed E-state index contributed by atoms with van der Waals surface area (Å²) < 4.78 is 4.85. The van der Waals surface area contributed by atoms with Crippen molar-refractivity contribution in [2.45, 2.75) is 19.4 Å². The zero-order valence-electron chi connectivity index (χ0n) is 12.6. The lowest BCUT2D eigenvalue weighted by Crippen LogP contribution is -2.01. The minimum absolute atomic E-state index is 0.350. The largest absolute Gasteiger partial charge is 0.463 e. The van der Waals surface area contributed by atoms with Crippen LogP contribution in [0.4, 0.5) is 0 Å². The third kappa shape index (κ3) is 4.86. The molecule has 1 atom stereocenters. The van der Waals surface area contributed by atoms with Gasteiger partial charge in [0.1, 0.15) is 0 Å². The van der Waals surface area contributed by atoms with Crippen molar-refractivity contribution in [3.8, 4) is 0 Å². The molecule has 0 amide bonds. The molecule has 0 spiro atoms. The SMILES string of the molecule is CCOC(=O)/C=C/c1cccc(CC(O)c2ccccc2)c1. The molecule has 1 N–H and O–H groups in total. The van der Waals surface area contributed by atoms with Crippen LogP contribution in [0.25, 0.3) is 6.08 Å². The summed E-state index contributed by atoms with van der Waals surface area (Å²) in [6, 6.07) is 17.3. The third-order valence-electron chi connectivity index (χ3n) is 3.26. The number of carbonyl (C=O) groups excluding carboxylic acids is 1. The molecule has 0 fully saturated rings. The number of carbonyl (C=O) groups is 1. The quantitative estimate of drug-likeness (QED) is 0.655. The second-order valence-corrected chi connectivity index (χ2v) is 4.96. The molecular formula is C19H20O3. The number of benzene rings is 2. The first kappa shape index (κ1) is 16.0. The van der Waals surface area contributed by atoms with E-state index in [1.165, 1.54) is 6.08 Å². The lowest BCUT2D eigenvalue weighted by molar-refractivity contribution is -0.137. The van der Waals surface area contributed by atoms with Crippen LogP contribution in [0.3, 0.4) is 0 Å². The van der Waals surface area contributed by atoms with Crippen LogP contribution in [0.2, 0.25) is 0 Å². The van der Waals surface area contributed by atoms with Gasteiger partial charge in [-0.25, -0.2) is 4.79 Å². The number of rotatable bonds is 6. The molecule has 0 aromatic heterocycles. The number of aliphatic hydroxyl groups is 1. The van der Waals surface area contributed by atoms with E-state index in [9.17, 15) is 9.90 Å². The maximum Gasteiger partial charge on any atom is 0.330 e. The Labute approximate surface area is 130 Å². The molecule has 2 aromatic rings. The van der Waals surface area contributed by atoms with Crippen LogP contribution in [-0.2, 0) is 16.0 Å². The standard InChI is InChI=1S/C19H20O3/c1-2-22-19(21)12-11-15-7-6-8-16(13-15)14-18(20)17-9-4-3-5-10-17/h3-13,18,20H,2,14H2,1H3/b12-11+. The highest BCUT2D eigenvalue weighted by molar-refractivity contribution is 5.87. The Kier molecular flexibility index (Phi) is 5.92. The number of hydrogen-bond acceptors (Lipinski definition) is 3. The molecule has 2 aromatic carbocycles. The van der Waals surface area contributed by atoms with Crippen molar-refractivity contribution in [2.75, 3.05) is 6.61 Å². The summed E-state index contributed by atoms with van der Waals surface area (Å²) >= 11 is 0. The normalized spacial score (nSPS) is 12.3. The van der Waals surface area contributed by atoms with Gasteiger partial charge in [-0.05, 0) is 29.7 Å². The van der Waals surface area contributed by atoms with E-state index in [0.717, 1.165) is 16.7 Å². The Morgan fingerprint density at radius 2 is 1.95 bits per heavy atom. The smallest absolute Gasteiger partial charge is 0.330 e. The molecule has 2 rings (SSSR count). The minimum Gasteiger partial charge on any atom is -0.463 e. The van der Waals surface area contributed by atoms with Crippen molar-refractivity contribution in [3.63, 3.8) is 0 Å². The summed E-state index contributed by atoms with van der Waals surface area (Å²) in [5.41, 5.74) is 2.82. The van der Waals surface area contributed by atoms with Crippen LogP contribution >= 0.6 is 0 Å². The maximum absolute atomic E-state index is 11.3. The fourth-order valence-electron chi connectivity index (χ4n) is 2.19. The molecule has 0 heterocycles. The van der Waals surface area contributed by atoms with Gasteiger partial charge in [0, 0.05) is 12.5 Å². The molecule has 0 radical (unpaired) electrons. The van der Waals surface area contributed by atoms with Crippen molar-refractivity contribution in [3.05, 3.63) is 77.4 Å². The molecule has 1 unspecified atom stereocenters. The fourth-order valence-corrected chi connectivity index (χ4v) is 2.19. The summed E-state index contributed by atoms with van der Waals surface area (Å²) in [6.45, 7) is 2.14. The van der Waals surface area contributed by atoms with E-state index in [1.54, 1.807) is 13.0 Å². The lowest BCUT2D eigenvalue weighted by Gasteiger charge is -2.11. The van der Waals surface area contributed by atoms with Gasteiger partial charge in [0.2, 0.25) is 0 Å². The Morgan fingerprint density at radius 1 is 1.18 bits per heavy atom. The molecular weight excluding hydrogens is 276 g/mol. The van der Waals surface area contributed by atoms with E-state index >= 15 is 0 Å². The Bertz CT molecular complexity index is 632. The minimum atomic E-state index is -0.537. The van der Waals surface area contributed by atoms with E-state index in [4.69, 9.17) is 4.74 Å². The Morgan fingerprint density at radius 3 is 2.68 bits per heavy atom. The van der Waals surface area contributed by atoms with Gasteiger partial charge in [-0.2, -0.15) is 0 Å². The Hall–Kier alpha value is -2.39. The van der Waals surface area contributed by atoms with Gasteiger partial charge in [0.15, 0.2) is 0 Å². The molecule has 3 heteroatoms. The van der Waals surface area contributed by atoms with Crippen LogP contribution in [0.5, 0.6) is 0 Å². The van der Waals surface area contributed by atoms with E-state index in [1.807, 2.05) is 54.6 Å². The van der Waals surface area contributed by atoms with E-state index < -0.39 is 6.10 Å². The number of ether oxygens (including phenoxy) is 1. The van der Waals surface area contributed by atoms with Crippen LogP contribution < -0.4 is 0 Å². The summed E-state index contributed by atoms with van der Waals surface area (Å²) in [7, 11) is 0. The molecule has 0 saturated carbocycles. The monoisotopic (exact) mass is 296 g/mol. The molecule has 22 heavy (non-hydrogen) atoms. The Balaban J connectivity index is 2.04. The van der Waals surface area contributed by atoms with Crippen molar-refractivity contribution < 1.29 is 14.6 Å². The van der Waals surface area contributed by atoms with E-state index in [2.05, 4.69) is 0 Å². The van der Waals surface area contributed by atoms with Gasteiger partial charge < -0.3 is 9.84 Å². The zero-order valence-corrected chi connectivity index (χ0v) is 12.6. The summed E-state index contributed by atoms with van der Waals surface area (Å²) in [6.07, 6.45) is 3.13. The van der Waals surface area contributed by atoms with Crippen molar-refractivity contribution >= 4 is 12.0 Å². The lowest BCUT2D eigenvalue weighted by atomic mass is 10.00. The molecule has 114 valence electrons. The number of aliphatic hydroxyl groups excluding tert-OH is 1. The topological polar surface area (TPSA) is 46.5 Å². The number of hydrogen-bond donors (Lipinski definition) is 1.